The minimum atomic E-state index is -1.51. The van der Waals surface area contributed by atoms with Crippen molar-refractivity contribution in [3.8, 4) is 0 Å². The Labute approximate surface area is 280 Å². The fraction of sp³-hybridized carbons (Fsp3) is 0.250. The van der Waals surface area contributed by atoms with Gasteiger partial charge in [0.15, 0.2) is 0 Å². The normalized spacial score (nSPS) is 12.9. The summed E-state index contributed by atoms with van der Waals surface area (Å²) in [5.41, 5.74) is 6.03. The van der Waals surface area contributed by atoms with E-state index in [9.17, 15) is 0 Å². The molecule has 0 saturated heterocycles. The van der Waals surface area contributed by atoms with Gasteiger partial charge >= 0.3 is 7.32 Å². The molecule has 0 bridgehead atoms. The molecular formula is C40H47BO3S2. The molecule has 0 saturated carbocycles. The van der Waals surface area contributed by atoms with Crippen LogP contribution in [0.4, 0.5) is 0 Å². The molecule has 240 valence electrons. The Balaban J connectivity index is 1.37. The summed E-state index contributed by atoms with van der Waals surface area (Å²) in [6.07, 6.45) is 10.5. The van der Waals surface area contributed by atoms with Gasteiger partial charge < -0.3 is 12.9 Å². The molecule has 0 amide bonds. The van der Waals surface area contributed by atoms with E-state index in [1.165, 1.54) is 27.8 Å². The second-order valence-electron chi connectivity index (χ2n) is 12.6. The molecule has 0 unspecified atom stereocenters. The zero-order chi connectivity index (χ0) is 32.3. The van der Waals surface area contributed by atoms with E-state index in [1.54, 1.807) is 0 Å². The molecule has 0 atom stereocenters. The van der Waals surface area contributed by atoms with E-state index < -0.39 is 27.9 Å². The van der Waals surface area contributed by atoms with Gasteiger partial charge in [-0.25, -0.2) is 0 Å². The van der Waals surface area contributed by atoms with Crippen molar-refractivity contribution >= 4 is 27.9 Å². The Hall–Kier alpha value is -3.26. The van der Waals surface area contributed by atoms with Crippen LogP contribution in [0.1, 0.15) is 40.7 Å². The monoisotopic (exact) mass is 650 g/mol. The fourth-order valence-electron chi connectivity index (χ4n) is 6.13. The van der Waals surface area contributed by atoms with Crippen LogP contribution in [0.2, 0.25) is 0 Å². The van der Waals surface area contributed by atoms with Gasteiger partial charge in [-0.1, -0.05) is 152 Å². The second kappa shape index (κ2) is 16.0. The molecule has 5 aromatic carbocycles. The number of hydrogen-bond donors (Lipinski definition) is 0. The Morgan fingerprint density at radius 2 is 0.804 bits per heavy atom. The lowest BCUT2D eigenvalue weighted by Gasteiger charge is -2.39. The molecule has 46 heavy (non-hydrogen) atoms. The lowest BCUT2D eigenvalue weighted by molar-refractivity contribution is 0.207. The van der Waals surface area contributed by atoms with Crippen molar-refractivity contribution in [2.45, 2.75) is 29.8 Å². The Morgan fingerprint density at radius 1 is 0.478 bits per heavy atom. The third-order valence-corrected chi connectivity index (χ3v) is 11.6. The molecule has 5 rings (SSSR count). The van der Waals surface area contributed by atoms with Gasteiger partial charge in [0.25, 0.3) is 0 Å². The summed E-state index contributed by atoms with van der Waals surface area (Å²) in [6, 6.07) is 53.7. The minimum absolute atomic E-state index is 0.319. The highest BCUT2D eigenvalue weighted by Crippen LogP contribution is 2.51. The van der Waals surface area contributed by atoms with Gasteiger partial charge in [0, 0.05) is 23.5 Å². The van der Waals surface area contributed by atoms with Crippen LogP contribution in [-0.2, 0) is 29.8 Å². The van der Waals surface area contributed by atoms with E-state index in [0.717, 1.165) is 24.3 Å². The van der Waals surface area contributed by atoms with Crippen molar-refractivity contribution in [2.75, 3.05) is 31.6 Å². The average Bonchev–Trinajstić information content (AvgIpc) is 3.06. The Morgan fingerprint density at radius 3 is 1.15 bits per heavy atom. The highest BCUT2D eigenvalue weighted by atomic mass is 32.3. The van der Waals surface area contributed by atoms with Crippen molar-refractivity contribution in [2.24, 2.45) is 0 Å². The molecule has 0 spiro atoms. The van der Waals surface area contributed by atoms with Gasteiger partial charge in [0.05, 0.1) is 0 Å². The van der Waals surface area contributed by atoms with E-state index in [4.69, 9.17) is 12.9 Å². The quantitative estimate of drug-likeness (QED) is 0.0604. The largest absolute Gasteiger partial charge is 0.660 e. The molecule has 0 aliphatic heterocycles. The average molecular weight is 651 g/mol. The lowest BCUT2D eigenvalue weighted by atomic mass is 9.67. The summed E-state index contributed by atoms with van der Waals surface area (Å²) < 4.78 is 20.1. The van der Waals surface area contributed by atoms with Gasteiger partial charge in [-0.2, -0.15) is 20.6 Å². The topological polar surface area (TPSA) is 27.7 Å². The molecule has 0 radical (unpaired) electrons. The number of benzene rings is 5. The molecule has 3 nitrogen and oxygen atoms in total. The first-order valence-corrected chi connectivity index (χ1v) is 21.0. The summed E-state index contributed by atoms with van der Waals surface area (Å²) in [4.78, 5) is 0. The summed E-state index contributed by atoms with van der Waals surface area (Å²) in [5.74, 6) is 1.68. The van der Waals surface area contributed by atoms with Gasteiger partial charge in [-0.05, 0) is 65.7 Å². The summed E-state index contributed by atoms with van der Waals surface area (Å²) in [5, 5.41) is 0. The molecule has 0 aliphatic rings. The first-order valence-electron chi connectivity index (χ1n) is 15.9. The summed E-state index contributed by atoms with van der Waals surface area (Å²) in [7, 11) is -3.77. The van der Waals surface area contributed by atoms with Crippen molar-refractivity contribution in [3.05, 3.63) is 179 Å². The molecule has 0 heterocycles. The maximum Gasteiger partial charge on any atom is 0.660 e. The SMILES string of the molecule is CS(C)(Cc1ccccc1)OB(OCCCC(c1ccccc1)(c1ccccc1)c1ccccc1)OS(C)(C)Cc1ccccc1. The van der Waals surface area contributed by atoms with Crippen LogP contribution in [0.25, 0.3) is 0 Å². The minimum Gasteiger partial charge on any atom is -0.385 e. The number of hydrogen-bond acceptors (Lipinski definition) is 3. The zero-order valence-electron chi connectivity index (χ0n) is 27.6. The van der Waals surface area contributed by atoms with E-state index >= 15 is 0 Å². The summed E-state index contributed by atoms with van der Waals surface area (Å²) in [6.45, 7) is 0.515. The smallest absolute Gasteiger partial charge is 0.385 e. The van der Waals surface area contributed by atoms with E-state index in [1.807, 2.05) is 0 Å². The summed E-state index contributed by atoms with van der Waals surface area (Å²) >= 11 is 0. The van der Waals surface area contributed by atoms with Crippen molar-refractivity contribution in [3.63, 3.8) is 0 Å². The van der Waals surface area contributed by atoms with Gasteiger partial charge in [-0.3, -0.25) is 0 Å². The first-order chi connectivity index (χ1) is 22.3. The van der Waals surface area contributed by atoms with Crippen LogP contribution in [0.5, 0.6) is 0 Å². The van der Waals surface area contributed by atoms with Gasteiger partial charge in [-0.15, -0.1) is 0 Å². The predicted octanol–water partition coefficient (Wildman–Crippen LogP) is 10.2. The molecule has 0 fully saturated rings. The van der Waals surface area contributed by atoms with Crippen LogP contribution in [-0.4, -0.2) is 39.0 Å². The molecule has 5 aromatic rings. The maximum atomic E-state index is 6.76. The van der Waals surface area contributed by atoms with Crippen molar-refractivity contribution in [1.29, 1.82) is 0 Å². The van der Waals surface area contributed by atoms with Crippen LogP contribution >= 0.6 is 20.6 Å². The van der Waals surface area contributed by atoms with Gasteiger partial charge in [0.2, 0.25) is 0 Å². The molecule has 6 heteroatoms. The molecule has 0 aromatic heterocycles. The van der Waals surface area contributed by atoms with Crippen LogP contribution in [0, 0.1) is 0 Å². The van der Waals surface area contributed by atoms with Crippen LogP contribution in [0.3, 0.4) is 0 Å². The highest BCUT2D eigenvalue weighted by Gasteiger charge is 2.37. The predicted molar refractivity (Wildman–Crippen MR) is 201 cm³/mol. The van der Waals surface area contributed by atoms with Crippen molar-refractivity contribution < 1.29 is 12.9 Å². The van der Waals surface area contributed by atoms with E-state index in [-0.39, 0.29) is 5.41 Å². The van der Waals surface area contributed by atoms with Crippen molar-refractivity contribution in [1.82, 2.24) is 0 Å². The molecule has 0 N–H and O–H groups in total. The zero-order valence-corrected chi connectivity index (χ0v) is 29.2. The fourth-order valence-corrected chi connectivity index (χ4v) is 9.35. The van der Waals surface area contributed by atoms with Crippen LogP contribution < -0.4 is 0 Å². The Kier molecular flexibility index (Phi) is 11.9. The van der Waals surface area contributed by atoms with Gasteiger partial charge in [0.1, 0.15) is 0 Å². The second-order valence-corrected chi connectivity index (χ2v) is 19.3. The van der Waals surface area contributed by atoms with E-state index in [0.29, 0.717) is 6.61 Å². The third kappa shape index (κ3) is 9.40. The van der Waals surface area contributed by atoms with Crippen LogP contribution in [0.15, 0.2) is 152 Å². The third-order valence-electron chi connectivity index (χ3n) is 8.14. The number of rotatable bonds is 16. The Bertz CT molecular complexity index is 1430. The molecule has 0 aliphatic carbocycles. The standard InChI is InChI=1S/C40H47BO3S2/c1-45(2,33-35-21-10-5-11-22-35)43-41(44-46(3,4)34-36-23-12-6-13-24-36)42-32-20-31-40(37-25-14-7-15-26-37,38-27-16-8-17-28-38)39-29-18-9-19-30-39/h5-19,21-30H,20,31-34H2,1-4H3. The van der Waals surface area contributed by atoms with E-state index in [2.05, 4.69) is 177 Å². The first kappa shape index (κ1) is 34.1. The molecular weight excluding hydrogens is 603 g/mol. The highest BCUT2D eigenvalue weighted by molar-refractivity contribution is 8.29. The lowest BCUT2D eigenvalue weighted by Crippen LogP contribution is -2.32. The maximum absolute atomic E-state index is 6.76.